The highest BCUT2D eigenvalue weighted by atomic mass is 35.5. The highest BCUT2D eigenvalue weighted by molar-refractivity contribution is 7.99. The van der Waals surface area contributed by atoms with Gasteiger partial charge in [0.15, 0.2) is 0 Å². The van der Waals surface area contributed by atoms with Crippen molar-refractivity contribution in [1.29, 1.82) is 0 Å². The maximum absolute atomic E-state index is 6.19. The van der Waals surface area contributed by atoms with E-state index in [1.807, 2.05) is 47.2 Å². The Morgan fingerprint density at radius 3 is 2.83 bits per heavy atom. The number of halogens is 1. The average molecular weight is 278 g/mol. The molecule has 0 radical (unpaired) electrons. The zero-order valence-electron chi connectivity index (χ0n) is 9.12. The summed E-state index contributed by atoms with van der Waals surface area (Å²) in [4.78, 5) is 0. The summed E-state index contributed by atoms with van der Waals surface area (Å²) in [6, 6.07) is 11.6. The van der Waals surface area contributed by atoms with Crippen LogP contribution in [-0.2, 0) is 0 Å². The number of aromatic amines is 1. The zero-order valence-corrected chi connectivity index (χ0v) is 10.7. The van der Waals surface area contributed by atoms with Crippen LogP contribution in [0.15, 0.2) is 52.8 Å². The average Bonchev–Trinajstić information content (AvgIpc) is 3.02. The van der Waals surface area contributed by atoms with Crippen molar-refractivity contribution in [3.63, 3.8) is 0 Å². The predicted octanol–water partition coefficient (Wildman–Crippen LogP) is 2.79. The number of nitrogens with zero attached hydrogens (tertiary/aromatic N) is 4. The molecule has 0 aliphatic heterocycles. The van der Waals surface area contributed by atoms with Gasteiger partial charge in [-0.15, -0.1) is 10.2 Å². The Hall–Kier alpha value is -1.79. The fraction of sp³-hybridized carbons (Fsp3) is 0. The van der Waals surface area contributed by atoms with Crippen LogP contribution in [0.3, 0.4) is 0 Å². The van der Waals surface area contributed by atoms with Crippen LogP contribution < -0.4 is 0 Å². The maximum Gasteiger partial charge on any atom is 0.237 e. The highest BCUT2D eigenvalue weighted by Crippen LogP contribution is 2.29. The molecule has 0 aliphatic rings. The molecule has 2 aromatic heterocycles. The summed E-state index contributed by atoms with van der Waals surface area (Å²) < 4.78 is 1.99. The van der Waals surface area contributed by atoms with Gasteiger partial charge >= 0.3 is 0 Å². The molecule has 18 heavy (non-hydrogen) atoms. The standard InChI is InChI=1S/C11H8ClN5S/c12-8-4-1-2-5-9(8)17-7-3-6-10(17)18-11-13-15-16-14-11/h1-7H,(H,13,14,15,16). The van der Waals surface area contributed by atoms with Gasteiger partial charge in [0.1, 0.15) is 0 Å². The Morgan fingerprint density at radius 2 is 2.06 bits per heavy atom. The smallest absolute Gasteiger partial charge is 0.237 e. The molecular weight excluding hydrogens is 270 g/mol. The molecule has 1 N–H and O–H groups in total. The van der Waals surface area contributed by atoms with Crippen LogP contribution in [0.5, 0.6) is 0 Å². The minimum atomic E-state index is 0.571. The minimum Gasteiger partial charge on any atom is -0.310 e. The number of H-pyrrole nitrogens is 1. The topological polar surface area (TPSA) is 59.4 Å². The summed E-state index contributed by atoms with van der Waals surface area (Å²) in [5.41, 5.74) is 0.926. The molecule has 0 fully saturated rings. The third-order valence-corrected chi connectivity index (χ3v) is 3.56. The summed E-state index contributed by atoms with van der Waals surface area (Å²) in [6.07, 6.45) is 1.95. The maximum atomic E-state index is 6.19. The lowest BCUT2D eigenvalue weighted by molar-refractivity contribution is 0.881. The molecule has 2 heterocycles. The first-order chi connectivity index (χ1) is 8.84. The van der Waals surface area contributed by atoms with E-state index in [9.17, 15) is 0 Å². The van der Waals surface area contributed by atoms with E-state index in [4.69, 9.17) is 11.6 Å². The minimum absolute atomic E-state index is 0.571. The number of rotatable bonds is 3. The Bertz CT molecular complexity index is 649. The fourth-order valence-corrected chi connectivity index (χ4v) is 2.57. The molecule has 5 nitrogen and oxygen atoms in total. The summed E-state index contributed by atoms with van der Waals surface area (Å²) in [6.45, 7) is 0. The van der Waals surface area contributed by atoms with Gasteiger partial charge in [-0.25, -0.2) is 0 Å². The van der Waals surface area contributed by atoms with E-state index in [2.05, 4.69) is 20.6 Å². The Kier molecular flexibility index (Phi) is 3.04. The SMILES string of the molecule is Clc1ccccc1-n1cccc1Sc1nn[nH]n1. The summed E-state index contributed by atoms with van der Waals surface area (Å²) in [5, 5.41) is 16.0. The number of aromatic nitrogens is 5. The lowest BCUT2D eigenvalue weighted by atomic mass is 10.3. The van der Waals surface area contributed by atoms with Crippen LogP contribution in [0.2, 0.25) is 5.02 Å². The van der Waals surface area contributed by atoms with E-state index in [0.717, 1.165) is 10.7 Å². The third kappa shape index (κ3) is 2.12. The first kappa shape index (κ1) is 11.3. The van der Waals surface area contributed by atoms with E-state index in [-0.39, 0.29) is 0 Å². The number of hydrogen-bond acceptors (Lipinski definition) is 4. The van der Waals surface area contributed by atoms with Gasteiger partial charge in [-0.1, -0.05) is 23.7 Å². The Morgan fingerprint density at radius 1 is 1.17 bits per heavy atom. The van der Waals surface area contributed by atoms with Gasteiger partial charge in [0.2, 0.25) is 5.16 Å². The van der Waals surface area contributed by atoms with Crippen LogP contribution in [0.25, 0.3) is 5.69 Å². The van der Waals surface area contributed by atoms with Crippen LogP contribution in [0, 0.1) is 0 Å². The lowest BCUT2D eigenvalue weighted by Crippen LogP contribution is -1.94. The summed E-state index contributed by atoms with van der Waals surface area (Å²) in [7, 11) is 0. The van der Waals surface area contributed by atoms with Crippen molar-refractivity contribution < 1.29 is 0 Å². The van der Waals surface area contributed by atoms with Gasteiger partial charge in [-0.3, -0.25) is 0 Å². The molecule has 0 aliphatic carbocycles. The first-order valence-corrected chi connectivity index (χ1v) is 6.37. The van der Waals surface area contributed by atoms with Gasteiger partial charge in [-0.2, -0.15) is 5.21 Å². The van der Waals surface area contributed by atoms with Crippen LogP contribution in [0.4, 0.5) is 0 Å². The molecule has 7 heteroatoms. The van der Waals surface area contributed by atoms with E-state index >= 15 is 0 Å². The number of nitrogens with one attached hydrogen (secondary N) is 1. The van der Waals surface area contributed by atoms with Gasteiger partial charge in [0, 0.05) is 6.20 Å². The molecule has 0 bridgehead atoms. The zero-order chi connectivity index (χ0) is 12.4. The van der Waals surface area contributed by atoms with Gasteiger partial charge in [0.25, 0.3) is 0 Å². The van der Waals surface area contributed by atoms with Crippen molar-refractivity contribution in [3.8, 4) is 5.69 Å². The largest absolute Gasteiger partial charge is 0.310 e. The predicted molar refractivity (Wildman–Crippen MR) is 69.1 cm³/mol. The quantitative estimate of drug-likeness (QED) is 0.800. The molecular formula is C11H8ClN5S. The van der Waals surface area contributed by atoms with E-state index in [0.29, 0.717) is 10.2 Å². The molecule has 0 spiro atoms. The first-order valence-electron chi connectivity index (χ1n) is 5.18. The van der Waals surface area contributed by atoms with E-state index in [1.54, 1.807) is 0 Å². The molecule has 3 aromatic rings. The molecule has 3 rings (SSSR count). The van der Waals surface area contributed by atoms with Crippen LogP contribution >= 0.6 is 23.4 Å². The summed E-state index contributed by atoms with van der Waals surface area (Å²) in [5.74, 6) is 0. The Labute approximate surface area is 112 Å². The van der Waals surface area contributed by atoms with Gasteiger partial charge in [-0.05, 0) is 41.2 Å². The van der Waals surface area contributed by atoms with E-state index < -0.39 is 0 Å². The molecule has 0 atom stereocenters. The second-order valence-corrected chi connectivity index (χ2v) is 4.86. The molecule has 0 unspecified atom stereocenters. The number of para-hydroxylation sites is 1. The second kappa shape index (κ2) is 4.83. The molecule has 1 aromatic carbocycles. The lowest BCUT2D eigenvalue weighted by Gasteiger charge is -2.08. The molecule has 0 saturated heterocycles. The number of tetrazole rings is 1. The van der Waals surface area contributed by atoms with Crippen molar-refractivity contribution in [3.05, 3.63) is 47.6 Å². The van der Waals surface area contributed by atoms with Crippen molar-refractivity contribution in [2.24, 2.45) is 0 Å². The van der Waals surface area contributed by atoms with Crippen molar-refractivity contribution in [1.82, 2.24) is 25.2 Å². The second-order valence-electron chi connectivity index (χ2n) is 3.46. The molecule has 90 valence electrons. The number of benzene rings is 1. The summed E-state index contributed by atoms with van der Waals surface area (Å²) >= 11 is 7.61. The monoisotopic (exact) mass is 277 g/mol. The van der Waals surface area contributed by atoms with Crippen LogP contribution in [-0.4, -0.2) is 25.2 Å². The normalized spacial score (nSPS) is 10.7. The Balaban J connectivity index is 1.99. The molecule has 0 amide bonds. The fourth-order valence-electron chi connectivity index (χ4n) is 1.58. The van der Waals surface area contributed by atoms with Crippen LogP contribution in [0.1, 0.15) is 0 Å². The molecule has 0 saturated carbocycles. The number of hydrogen-bond donors (Lipinski definition) is 1. The van der Waals surface area contributed by atoms with Crippen molar-refractivity contribution in [2.75, 3.05) is 0 Å². The van der Waals surface area contributed by atoms with Gasteiger partial charge < -0.3 is 4.57 Å². The van der Waals surface area contributed by atoms with Crippen molar-refractivity contribution >= 4 is 23.4 Å². The highest BCUT2D eigenvalue weighted by Gasteiger charge is 2.09. The van der Waals surface area contributed by atoms with E-state index in [1.165, 1.54) is 11.8 Å². The van der Waals surface area contributed by atoms with Gasteiger partial charge in [0.05, 0.1) is 15.7 Å². The van der Waals surface area contributed by atoms with Crippen molar-refractivity contribution in [2.45, 2.75) is 10.2 Å². The third-order valence-electron chi connectivity index (χ3n) is 2.35.